The zero-order chi connectivity index (χ0) is 19.1. The first-order valence-corrected chi connectivity index (χ1v) is 8.92. The van der Waals surface area contributed by atoms with E-state index in [1.807, 2.05) is 19.1 Å². The second kappa shape index (κ2) is 11.1. The maximum atomic E-state index is 11.9. The molecule has 0 aliphatic carbocycles. The van der Waals surface area contributed by atoms with Crippen LogP contribution in [0.4, 0.5) is 0 Å². The zero-order valence-corrected chi connectivity index (χ0v) is 18.7. The molecule has 150 valence electrons. The number of hydrogen-bond donors (Lipinski definition) is 2. The van der Waals surface area contributed by atoms with Crippen LogP contribution in [0, 0.1) is 11.8 Å². The number of nitrogens with one attached hydrogen (secondary N) is 2. The summed E-state index contributed by atoms with van der Waals surface area (Å²) in [5.74, 6) is 0.615. The molecule has 1 aliphatic heterocycles. The lowest BCUT2D eigenvalue weighted by Gasteiger charge is -2.21. The SMILES string of the molecule is CCNC(=NCc1ccc(C(=O)NC)cc1)N1CC(C)C(C(=O)OC)C1.I. The third-order valence-electron chi connectivity index (χ3n) is 4.61. The molecule has 1 aromatic rings. The summed E-state index contributed by atoms with van der Waals surface area (Å²) in [6.07, 6.45) is 0. The van der Waals surface area contributed by atoms with Gasteiger partial charge in [-0.3, -0.25) is 9.59 Å². The van der Waals surface area contributed by atoms with Crippen molar-refractivity contribution in [2.24, 2.45) is 16.8 Å². The van der Waals surface area contributed by atoms with Crippen molar-refractivity contribution in [1.29, 1.82) is 0 Å². The smallest absolute Gasteiger partial charge is 0.310 e. The molecule has 1 aromatic carbocycles. The summed E-state index contributed by atoms with van der Waals surface area (Å²) in [6, 6.07) is 7.40. The summed E-state index contributed by atoms with van der Waals surface area (Å²) >= 11 is 0. The van der Waals surface area contributed by atoms with Crippen molar-refractivity contribution in [1.82, 2.24) is 15.5 Å². The molecule has 0 saturated carbocycles. The molecule has 8 heteroatoms. The topological polar surface area (TPSA) is 83.0 Å². The van der Waals surface area contributed by atoms with Crippen molar-refractivity contribution in [2.75, 3.05) is 33.8 Å². The van der Waals surface area contributed by atoms with E-state index in [0.717, 1.165) is 24.6 Å². The summed E-state index contributed by atoms with van der Waals surface area (Å²) in [5.41, 5.74) is 1.64. The zero-order valence-electron chi connectivity index (χ0n) is 16.3. The Balaban J connectivity index is 0.00000364. The average Bonchev–Trinajstić information content (AvgIpc) is 3.05. The Morgan fingerprint density at radius 3 is 2.48 bits per heavy atom. The first-order chi connectivity index (χ1) is 12.5. The molecular formula is C19H29IN4O3. The maximum absolute atomic E-state index is 11.9. The number of likely N-dealkylation sites (tertiary alicyclic amines) is 1. The van der Waals surface area contributed by atoms with Gasteiger partial charge < -0.3 is 20.3 Å². The van der Waals surface area contributed by atoms with Gasteiger partial charge in [0.2, 0.25) is 0 Å². The van der Waals surface area contributed by atoms with E-state index in [4.69, 9.17) is 9.73 Å². The van der Waals surface area contributed by atoms with Gasteiger partial charge in [-0.05, 0) is 30.5 Å². The summed E-state index contributed by atoms with van der Waals surface area (Å²) in [7, 11) is 3.04. The molecule has 0 aromatic heterocycles. The van der Waals surface area contributed by atoms with Crippen molar-refractivity contribution in [3.63, 3.8) is 0 Å². The molecule has 27 heavy (non-hydrogen) atoms. The average molecular weight is 488 g/mol. The van der Waals surface area contributed by atoms with Crippen LogP contribution in [0.3, 0.4) is 0 Å². The van der Waals surface area contributed by atoms with Gasteiger partial charge in [-0.25, -0.2) is 4.99 Å². The van der Waals surface area contributed by atoms with E-state index in [0.29, 0.717) is 18.7 Å². The number of esters is 1. The number of methoxy groups -OCH3 is 1. The van der Waals surface area contributed by atoms with Gasteiger partial charge in [0.15, 0.2) is 5.96 Å². The van der Waals surface area contributed by atoms with E-state index in [1.54, 1.807) is 19.2 Å². The molecule has 1 aliphatic rings. The maximum Gasteiger partial charge on any atom is 0.310 e. The fourth-order valence-corrected chi connectivity index (χ4v) is 3.10. The first kappa shape index (κ1) is 23.2. The van der Waals surface area contributed by atoms with Crippen LogP contribution in [-0.4, -0.2) is 56.5 Å². The number of rotatable bonds is 5. The molecule has 1 amide bonds. The van der Waals surface area contributed by atoms with Gasteiger partial charge in [0.25, 0.3) is 5.91 Å². The fourth-order valence-electron chi connectivity index (χ4n) is 3.10. The van der Waals surface area contributed by atoms with Crippen molar-refractivity contribution < 1.29 is 14.3 Å². The van der Waals surface area contributed by atoms with E-state index < -0.39 is 0 Å². The van der Waals surface area contributed by atoms with Crippen molar-refractivity contribution in [2.45, 2.75) is 20.4 Å². The Bertz CT molecular complexity index is 663. The number of carbonyl (C=O) groups excluding carboxylic acids is 2. The summed E-state index contributed by atoms with van der Waals surface area (Å²) in [5, 5.41) is 5.90. The van der Waals surface area contributed by atoms with Gasteiger partial charge in [-0.1, -0.05) is 19.1 Å². The second-order valence-electron chi connectivity index (χ2n) is 6.46. The number of halogens is 1. The Labute approximate surface area is 178 Å². The number of aliphatic imine (C=N–C) groups is 1. The van der Waals surface area contributed by atoms with E-state index in [9.17, 15) is 9.59 Å². The number of guanidine groups is 1. The molecule has 7 nitrogen and oxygen atoms in total. The van der Waals surface area contributed by atoms with E-state index >= 15 is 0 Å². The molecule has 0 spiro atoms. The predicted octanol–water partition coefficient (Wildman–Crippen LogP) is 1.87. The lowest BCUT2D eigenvalue weighted by Crippen LogP contribution is -2.40. The van der Waals surface area contributed by atoms with Crippen LogP contribution in [0.1, 0.15) is 29.8 Å². The highest BCUT2D eigenvalue weighted by atomic mass is 127. The monoisotopic (exact) mass is 488 g/mol. The van der Waals surface area contributed by atoms with E-state index in [-0.39, 0.29) is 47.7 Å². The van der Waals surface area contributed by atoms with Gasteiger partial charge >= 0.3 is 5.97 Å². The van der Waals surface area contributed by atoms with Crippen LogP contribution in [0.5, 0.6) is 0 Å². The summed E-state index contributed by atoms with van der Waals surface area (Å²) < 4.78 is 4.90. The van der Waals surface area contributed by atoms with Crippen molar-refractivity contribution in [3.8, 4) is 0 Å². The molecule has 2 atom stereocenters. The summed E-state index contributed by atoms with van der Waals surface area (Å²) in [6.45, 7) is 6.70. The van der Waals surface area contributed by atoms with Crippen LogP contribution >= 0.6 is 24.0 Å². The molecule has 1 fully saturated rings. The fraction of sp³-hybridized carbons (Fsp3) is 0.526. The number of nitrogens with zero attached hydrogens (tertiary/aromatic N) is 2. The highest BCUT2D eigenvalue weighted by Gasteiger charge is 2.36. The van der Waals surface area contributed by atoms with Crippen LogP contribution in [-0.2, 0) is 16.1 Å². The van der Waals surface area contributed by atoms with Crippen molar-refractivity contribution >= 4 is 41.8 Å². The highest BCUT2D eigenvalue weighted by Crippen LogP contribution is 2.24. The Hall–Kier alpha value is -1.84. The molecule has 0 bridgehead atoms. The Morgan fingerprint density at radius 1 is 1.26 bits per heavy atom. The van der Waals surface area contributed by atoms with E-state index in [1.165, 1.54) is 7.11 Å². The molecule has 2 N–H and O–H groups in total. The van der Waals surface area contributed by atoms with Gasteiger partial charge in [-0.2, -0.15) is 0 Å². The standard InChI is InChI=1S/C19H28N4O3.HI/c1-5-21-19(23-11-13(2)16(12-23)18(25)26-4)22-10-14-6-8-15(9-7-14)17(24)20-3;/h6-9,13,16H,5,10-12H2,1-4H3,(H,20,24)(H,21,22);1H. The molecule has 0 radical (unpaired) electrons. The third kappa shape index (κ3) is 6.08. The number of ether oxygens (including phenoxy) is 1. The lowest BCUT2D eigenvalue weighted by molar-refractivity contribution is -0.145. The molecular weight excluding hydrogens is 459 g/mol. The van der Waals surface area contributed by atoms with Crippen LogP contribution in [0.25, 0.3) is 0 Å². The number of hydrogen-bond acceptors (Lipinski definition) is 4. The quantitative estimate of drug-likeness (QED) is 0.286. The Morgan fingerprint density at radius 2 is 1.93 bits per heavy atom. The van der Waals surface area contributed by atoms with E-state index in [2.05, 4.69) is 22.5 Å². The summed E-state index contributed by atoms with van der Waals surface area (Å²) in [4.78, 5) is 30.3. The molecule has 1 heterocycles. The normalized spacial score (nSPS) is 19.3. The minimum atomic E-state index is -0.166. The second-order valence-corrected chi connectivity index (χ2v) is 6.46. The predicted molar refractivity (Wildman–Crippen MR) is 116 cm³/mol. The van der Waals surface area contributed by atoms with Gasteiger partial charge in [-0.15, -0.1) is 24.0 Å². The number of benzene rings is 1. The minimum Gasteiger partial charge on any atom is -0.469 e. The number of carbonyl (C=O) groups is 2. The first-order valence-electron chi connectivity index (χ1n) is 8.92. The molecule has 2 unspecified atom stereocenters. The van der Waals surface area contributed by atoms with Gasteiger partial charge in [0, 0.05) is 32.2 Å². The van der Waals surface area contributed by atoms with Gasteiger partial charge in [0.1, 0.15) is 0 Å². The third-order valence-corrected chi connectivity index (χ3v) is 4.61. The lowest BCUT2D eigenvalue weighted by atomic mass is 9.99. The molecule has 2 rings (SSSR count). The van der Waals surface area contributed by atoms with Crippen LogP contribution < -0.4 is 10.6 Å². The minimum absolute atomic E-state index is 0. The van der Waals surface area contributed by atoms with Gasteiger partial charge in [0.05, 0.1) is 19.6 Å². The molecule has 1 saturated heterocycles. The van der Waals surface area contributed by atoms with Crippen molar-refractivity contribution in [3.05, 3.63) is 35.4 Å². The van der Waals surface area contributed by atoms with Crippen LogP contribution in [0.2, 0.25) is 0 Å². The van der Waals surface area contributed by atoms with Crippen LogP contribution in [0.15, 0.2) is 29.3 Å². The number of amides is 1. The Kier molecular flexibility index (Phi) is 9.54. The largest absolute Gasteiger partial charge is 0.469 e. The highest BCUT2D eigenvalue weighted by molar-refractivity contribution is 14.0.